The summed E-state index contributed by atoms with van der Waals surface area (Å²) < 4.78 is 15.4. The maximum atomic E-state index is 15.4. The van der Waals surface area contributed by atoms with Gasteiger partial charge in [0.05, 0.1) is 19.3 Å². The normalized spacial score (nSPS) is 32.7. The lowest BCUT2D eigenvalue weighted by atomic mass is 9.69. The van der Waals surface area contributed by atoms with Crippen LogP contribution in [0.25, 0.3) is 0 Å². The van der Waals surface area contributed by atoms with Crippen molar-refractivity contribution in [1.29, 1.82) is 0 Å². The van der Waals surface area contributed by atoms with Gasteiger partial charge in [0.1, 0.15) is 0 Å². The Morgan fingerprint density at radius 3 is 2.42 bits per heavy atom. The van der Waals surface area contributed by atoms with Crippen molar-refractivity contribution in [3.63, 3.8) is 0 Å². The lowest BCUT2D eigenvalue weighted by molar-refractivity contribution is -0.144. The zero-order chi connectivity index (χ0) is 18.9. The second-order valence-corrected chi connectivity index (χ2v) is 8.57. The minimum atomic E-state index is -1.81. The first kappa shape index (κ1) is 19.3. The zero-order valence-corrected chi connectivity index (χ0v) is 15.7. The minimum Gasteiger partial charge on any atom is -0.393 e. The number of carbonyl (C=O) groups is 1. The number of hydrogen-bond donors (Lipinski definition) is 2. The number of likely N-dealkylation sites (tertiary alicyclic amines) is 1. The monoisotopic (exact) mass is 363 g/mol. The van der Waals surface area contributed by atoms with E-state index in [1.165, 1.54) is 0 Å². The second-order valence-electron chi connectivity index (χ2n) is 8.57. The first-order valence-electron chi connectivity index (χ1n) is 9.60. The molecule has 0 radical (unpaired) electrons. The van der Waals surface area contributed by atoms with E-state index >= 15 is 4.39 Å². The van der Waals surface area contributed by atoms with Crippen LogP contribution in [0.4, 0.5) is 4.39 Å². The molecule has 1 aliphatic carbocycles. The molecule has 2 N–H and O–H groups in total. The summed E-state index contributed by atoms with van der Waals surface area (Å²) in [6.07, 6.45) is 2.81. The summed E-state index contributed by atoms with van der Waals surface area (Å²) in [7, 11) is 0. The van der Waals surface area contributed by atoms with Crippen molar-refractivity contribution in [3.05, 3.63) is 35.9 Å². The first-order valence-corrected chi connectivity index (χ1v) is 9.60. The fraction of sp³-hybridized carbons (Fsp3) is 0.667. The number of alkyl halides is 1. The van der Waals surface area contributed by atoms with E-state index in [1.807, 2.05) is 44.2 Å². The fourth-order valence-corrected chi connectivity index (χ4v) is 4.66. The summed E-state index contributed by atoms with van der Waals surface area (Å²) in [4.78, 5) is 14.8. The molecule has 1 aromatic carbocycles. The van der Waals surface area contributed by atoms with Gasteiger partial charge in [-0.3, -0.25) is 4.79 Å². The van der Waals surface area contributed by atoms with E-state index in [0.717, 1.165) is 31.2 Å². The highest BCUT2D eigenvalue weighted by Crippen LogP contribution is 2.44. The van der Waals surface area contributed by atoms with E-state index in [2.05, 4.69) is 0 Å². The molecule has 2 atom stereocenters. The third-order valence-corrected chi connectivity index (χ3v) is 6.50. The molecule has 2 unspecified atom stereocenters. The van der Waals surface area contributed by atoms with Crippen LogP contribution >= 0.6 is 0 Å². The van der Waals surface area contributed by atoms with E-state index in [9.17, 15) is 15.0 Å². The van der Waals surface area contributed by atoms with Crippen LogP contribution in [0.2, 0.25) is 0 Å². The Balaban J connectivity index is 1.78. The van der Waals surface area contributed by atoms with Crippen LogP contribution in [0.15, 0.2) is 30.3 Å². The van der Waals surface area contributed by atoms with Gasteiger partial charge in [0.15, 0.2) is 5.67 Å². The van der Waals surface area contributed by atoms with Crippen molar-refractivity contribution in [3.8, 4) is 0 Å². The predicted octanol–water partition coefficient (Wildman–Crippen LogP) is 2.89. The van der Waals surface area contributed by atoms with E-state index in [1.54, 1.807) is 4.90 Å². The van der Waals surface area contributed by atoms with Gasteiger partial charge in [-0.15, -0.1) is 0 Å². The standard InChI is InChI=1S/C21H30FNO3/c1-20(2,16-8-10-17(25)11-9-16)19(26)23-12-18(21(22,13-23)14-24)15-6-4-3-5-7-15/h3-7,16-18,24-25H,8-14H2,1-2H3. The molecule has 0 aromatic heterocycles. The third kappa shape index (κ3) is 3.52. The Kier molecular flexibility index (Phi) is 5.40. The third-order valence-electron chi connectivity index (χ3n) is 6.50. The number of rotatable bonds is 4. The second kappa shape index (κ2) is 7.28. The molecule has 2 fully saturated rings. The fourth-order valence-electron chi connectivity index (χ4n) is 4.66. The van der Waals surface area contributed by atoms with Crippen LogP contribution in [-0.4, -0.2) is 52.5 Å². The first-order chi connectivity index (χ1) is 12.3. The molecular weight excluding hydrogens is 333 g/mol. The molecule has 3 rings (SSSR count). The summed E-state index contributed by atoms with van der Waals surface area (Å²) in [5.41, 5.74) is -1.59. The number of benzene rings is 1. The number of hydrogen-bond acceptors (Lipinski definition) is 3. The number of amides is 1. The Hall–Kier alpha value is -1.46. The maximum absolute atomic E-state index is 15.4. The molecule has 2 aliphatic rings. The van der Waals surface area contributed by atoms with Crippen LogP contribution in [0, 0.1) is 11.3 Å². The summed E-state index contributed by atoms with van der Waals surface area (Å²) in [5.74, 6) is -0.369. The van der Waals surface area contributed by atoms with Gasteiger partial charge in [-0.1, -0.05) is 44.2 Å². The topological polar surface area (TPSA) is 60.8 Å². The number of halogens is 1. The highest BCUT2D eigenvalue weighted by Gasteiger charge is 2.52. The van der Waals surface area contributed by atoms with E-state index < -0.39 is 23.6 Å². The zero-order valence-electron chi connectivity index (χ0n) is 15.7. The van der Waals surface area contributed by atoms with Crippen LogP contribution in [0.3, 0.4) is 0 Å². The van der Waals surface area contributed by atoms with E-state index in [0.29, 0.717) is 6.54 Å². The van der Waals surface area contributed by atoms with Crippen molar-refractivity contribution in [2.24, 2.45) is 11.3 Å². The van der Waals surface area contributed by atoms with E-state index in [-0.39, 0.29) is 24.5 Å². The molecule has 144 valence electrons. The molecule has 26 heavy (non-hydrogen) atoms. The molecule has 1 heterocycles. The smallest absolute Gasteiger partial charge is 0.228 e. The van der Waals surface area contributed by atoms with Crippen LogP contribution < -0.4 is 0 Å². The van der Waals surface area contributed by atoms with Gasteiger partial charge in [-0.05, 0) is 37.2 Å². The summed E-state index contributed by atoms with van der Waals surface area (Å²) in [5, 5.41) is 19.4. The molecule has 5 heteroatoms. The van der Waals surface area contributed by atoms with Crippen LogP contribution in [0.1, 0.15) is 51.0 Å². The number of aliphatic hydroxyl groups is 2. The summed E-state index contributed by atoms with van der Waals surface area (Å²) in [6, 6.07) is 9.30. The van der Waals surface area contributed by atoms with Crippen LogP contribution in [-0.2, 0) is 4.79 Å². The van der Waals surface area contributed by atoms with Gasteiger partial charge < -0.3 is 15.1 Å². The van der Waals surface area contributed by atoms with Crippen LogP contribution in [0.5, 0.6) is 0 Å². The lowest BCUT2D eigenvalue weighted by Crippen LogP contribution is -2.46. The van der Waals surface area contributed by atoms with Crippen molar-refractivity contribution in [1.82, 2.24) is 4.90 Å². The van der Waals surface area contributed by atoms with Gasteiger partial charge in [0.25, 0.3) is 0 Å². The molecular formula is C21H30FNO3. The molecule has 1 saturated heterocycles. The predicted molar refractivity (Wildman–Crippen MR) is 98.4 cm³/mol. The Labute approximate surface area is 155 Å². The molecule has 1 aromatic rings. The quantitative estimate of drug-likeness (QED) is 0.865. The van der Waals surface area contributed by atoms with Gasteiger partial charge >= 0.3 is 0 Å². The Morgan fingerprint density at radius 1 is 1.23 bits per heavy atom. The maximum Gasteiger partial charge on any atom is 0.228 e. The highest BCUT2D eigenvalue weighted by molar-refractivity contribution is 5.83. The van der Waals surface area contributed by atoms with E-state index in [4.69, 9.17) is 0 Å². The van der Waals surface area contributed by atoms with Crippen molar-refractivity contribution in [2.45, 2.75) is 57.2 Å². The highest BCUT2D eigenvalue weighted by atomic mass is 19.1. The van der Waals surface area contributed by atoms with Gasteiger partial charge in [0.2, 0.25) is 5.91 Å². The SMILES string of the molecule is CC(C)(C(=O)N1CC(c2ccccc2)C(F)(CO)C1)C1CCC(O)CC1. The van der Waals surface area contributed by atoms with Crippen molar-refractivity contribution in [2.75, 3.05) is 19.7 Å². The largest absolute Gasteiger partial charge is 0.393 e. The molecule has 0 bridgehead atoms. The summed E-state index contributed by atoms with van der Waals surface area (Å²) >= 11 is 0. The lowest BCUT2D eigenvalue weighted by Gasteiger charge is -2.39. The van der Waals surface area contributed by atoms with Crippen molar-refractivity contribution < 1.29 is 19.4 Å². The molecule has 1 saturated carbocycles. The Bertz CT molecular complexity index is 627. The van der Waals surface area contributed by atoms with Gasteiger partial charge in [-0.25, -0.2) is 4.39 Å². The number of carbonyl (C=O) groups excluding carboxylic acids is 1. The van der Waals surface area contributed by atoms with Gasteiger partial charge in [-0.2, -0.15) is 0 Å². The average molecular weight is 363 g/mol. The molecule has 1 aliphatic heterocycles. The number of aliphatic hydroxyl groups excluding tert-OH is 2. The average Bonchev–Trinajstić information content (AvgIpc) is 3.00. The molecule has 0 spiro atoms. The molecule has 4 nitrogen and oxygen atoms in total. The van der Waals surface area contributed by atoms with Crippen molar-refractivity contribution >= 4 is 5.91 Å². The molecule has 1 amide bonds. The van der Waals surface area contributed by atoms with Gasteiger partial charge in [0, 0.05) is 17.9 Å². The minimum absolute atomic E-state index is 0.0483. The Morgan fingerprint density at radius 2 is 1.85 bits per heavy atom. The summed E-state index contributed by atoms with van der Waals surface area (Å²) in [6.45, 7) is 3.50. The number of nitrogens with zero attached hydrogens (tertiary/aromatic N) is 1.